The van der Waals surface area contributed by atoms with Crippen molar-refractivity contribution in [2.45, 2.75) is 26.2 Å². The van der Waals surface area contributed by atoms with E-state index in [1.807, 2.05) is 24.3 Å². The van der Waals surface area contributed by atoms with Crippen LogP contribution in [0.2, 0.25) is 0 Å². The van der Waals surface area contributed by atoms with Crippen LogP contribution in [0, 0.1) is 0 Å². The predicted octanol–water partition coefficient (Wildman–Crippen LogP) is 4.19. The zero-order chi connectivity index (χ0) is 14.6. The molecule has 0 aliphatic rings. The molecule has 0 saturated heterocycles. The monoisotopic (exact) mass is 290 g/mol. The molecule has 2 rings (SSSR count). The van der Waals surface area contributed by atoms with Crippen LogP contribution >= 0.6 is 11.5 Å². The zero-order valence-electron chi connectivity index (χ0n) is 11.9. The molecule has 0 spiro atoms. The van der Waals surface area contributed by atoms with Gasteiger partial charge in [-0.05, 0) is 24.3 Å². The van der Waals surface area contributed by atoms with Crippen LogP contribution in [-0.2, 0) is 5.41 Å². The van der Waals surface area contributed by atoms with Crippen molar-refractivity contribution in [3.05, 3.63) is 42.7 Å². The molecule has 106 valence electrons. The van der Waals surface area contributed by atoms with E-state index in [4.69, 9.17) is 9.47 Å². The summed E-state index contributed by atoms with van der Waals surface area (Å²) in [4.78, 5) is 4.39. The van der Waals surface area contributed by atoms with Gasteiger partial charge in [0.25, 0.3) is 5.19 Å². The first kappa shape index (κ1) is 14.5. The molecule has 0 atom stereocenters. The van der Waals surface area contributed by atoms with E-state index in [1.165, 1.54) is 11.5 Å². The Hall–Kier alpha value is -1.88. The summed E-state index contributed by atoms with van der Waals surface area (Å²) in [6.07, 6.45) is 1.71. The van der Waals surface area contributed by atoms with Crippen LogP contribution in [0.3, 0.4) is 0 Å². The Morgan fingerprint density at radius 2 is 1.85 bits per heavy atom. The molecule has 1 heterocycles. The summed E-state index contributed by atoms with van der Waals surface area (Å²) in [6, 6.07) is 7.39. The highest BCUT2D eigenvalue weighted by atomic mass is 32.1. The van der Waals surface area contributed by atoms with Crippen molar-refractivity contribution in [2.24, 2.45) is 0 Å². The van der Waals surface area contributed by atoms with Gasteiger partial charge < -0.3 is 9.47 Å². The number of aromatic nitrogens is 2. The van der Waals surface area contributed by atoms with E-state index in [-0.39, 0.29) is 5.41 Å². The summed E-state index contributed by atoms with van der Waals surface area (Å²) in [5.74, 6) is 2.29. The third-order valence-corrected chi connectivity index (χ3v) is 3.07. The number of rotatable bonds is 5. The smallest absolute Gasteiger partial charge is 0.298 e. The summed E-state index contributed by atoms with van der Waals surface area (Å²) in [7, 11) is 0. The van der Waals surface area contributed by atoms with Crippen molar-refractivity contribution >= 4 is 11.5 Å². The molecule has 0 aliphatic carbocycles. The first-order chi connectivity index (χ1) is 9.49. The quantitative estimate of drug-likeness (QED) is 0.774. The molecular formula is C15H18N2O2S. The molecule has 0 N–H and O–H groups in total. The summed E-state index contributed by atoms with van der Waals surface area (Å²) < 4.78 is 15.4. The molecule has 0 aliphatic heterocycles. The van der Waals surface area contributed by atoms with Crippen LogP contribution in [0.15, 0.2) is 36.9 Å². The number of hydrogen-bond donors (Lipinski definition) is 0. The van der Waals surface area contributed by atoms with E-state index >= 15 is 0 Å². The van der Waals surface area contributed by atoms with E-state index in [0.717, 1.165) is 11.6 Å². The van der Waals surface area contributed by atoms with Crippen LogP contribution in [0.4, 0.5) is 0 Å². The Bertz CT molecular complexity index is 570. The highest BCUT2D eigenvalue weighted by molar-refractivity contribution is 7.07. The van der Waals surface area contributed by atoms with Gasteiger partial charge in [-0.25, -0.2) is 0 Å². The van der Waals surface area contributed by atoms with Crippen molar-refractivity contribution in [3.63, 3.8) is 0 Å². The van der Waals surface area contributed by atoms with Gasteiger partial charge in [-0.1, -0.05) is 33.4 Å². The second-order valence-electron chi connectivity index (χ2n) is 5.31. The lowest BCUT2D eigenvalue weighted by Gasteiger charge is -2.12. The zero-order valence-corrected chi connectivity index (χ0v) is 12.7. The SMILES string of the molecule is C=CCOc1ccc(Oc2nc(C(C)(C)C)ns2)cc1. The minimum Gasteiger partial charge on any atom is -0.490 e. The van der Waals surface area contributed by atoms with Gasteiger partial charge in [0.15, 0.2) is 5.82 Å². The van der Waals surface area contributed by atoms with Crippen LogP contribution in [-0.4, -0.2) is 16.0 Å². The number of benzene rings is 1. The average molecular weight is 290 g/mol. The lowest BCUT2D eigenvalue weighted by atomic mass is 9.96. The van der Waals surface area contributed by atoms with E-state index in [1.54, 1.807) is 6.08 Å². The van der Waals surface area contributed by atoms with Gasteiger partial charge in [-0.3, -0.25) is 0 Å². The fraction of sp³-hybridized carbons (Fsp3) is 0.333. The van der Waals surface area contributed by atoms with Crippen LogP contribution in [0.1, 0.15) is 26.6 Å². The predicted molar refractivity (Wildman–Crippen MR) is 80.8 cm³/mol. The Morgan fingerprint density at radius 3 is 2.40 bits per heavy atom. The first-order valence-corrected chi connectivity index (χ1v) is 7.12. The van der Waals surface area contributed by atoms with Crippen LogP contribution in [0.25, 0.3) is 0 Å². The largest absolute Gasteiger partial charge is 0.490 e. The second-order valence-corrected chi connectivity index (χ2v) is 6.02. The molecule has 4 nitrogen and oxygen atoms in total. The molecule has 1 aromatic carbocycles. The van der Waals surface area contributed by atoms with Gasteiger partial charge in [0.05, 0.1) is 0 Å². The van der Waals surface area contributed by atoms with Crippen molar-refractivity contribution in [1.82, 2.24) is 9.36 Å². The molecule has 2 aromatic rings. The van der Waals surface area contributed by atoms with Crippen molar-refractivity contribution in [1.29, 1.82) is 0 Å². The van der Waals surface area contributed by atoms with Crippen molar-refractivity contribution in [2.75, 3.05) is 6.61 Å². The Morgan fingerprint density at radius 1 is 1.20 bits per heavy atom. The molecule has 0 amide bonds. The summed E-state index contributed by atoms with van der Waals surface area (Å²) in [5.41, 5.74) is -0.0690. The second kappa shape index (κ2) is 6.05. The lowest BCUT2D eigenvalue weighted by Crippen LogP contribution is -2.12. The molecular weight excluding hydrogens is 272 g/mol. The maximum Gasteiger partial charge on any atom is 0.298 e. The maximum absolute atomic E-state index is 5.68. The van der Waals surface area contributed by atoms with Gasteiger partial charge in [0.1, 0.15) is 18.1 Å². The van der Waals surface area contributed by atoms with Gasteiger partial charge in [-0.15, -0.1) is 0 Å². The van der Waals surface area contributed by atoms with Gasteiger partial charge >= 0.3 is 0 Å². The normalized spacial score (nSPS) is 11.2. The molecule has 0 unspecified atom stereocenters. The number of nitrogens with zero attached hydrogens (tertiary/aromatic N) is 2. The standard InChI is InChI=1S/C15H18N2O2S/c1-5-10-18-11-6-8-12(9-7-11)19-14-16-13(17-20-14)15(2,3)4/h5-9H,1,10H2,2-4H3. The topological polar surface area (TPSA) is 44.2 Å². The van der Waals surface area contributed by atoms with Gasteiger partial charge in [0, 0.05) is 16.9 Å². The highest BCUT2D eigenvalue weighted by Crippen LogP contribution is 2.28. The number of hydrogen-bond acceptors (Lipinski definition) is 5. The minimum atomic E-state index is -0.0690. The van der Waals surface area contributed by atoms with Crippen molar-refractivity contribution < 1.29 is 9.47 Å². The van der Waals surface area contributed by atoms with E-state index in [2.05, 4.69) is 36.7 Å². The summed E-state index contributed by atoms with van der Waals surface area (Å²) in [6.45, 7) is 10.3. The fourth-order valence-corrected chi connectivity index (χ4v) is 2.16. The molecule has 5 heteroatoms. The fourth-order valence-electron chi connectivity index (χ4n) is 1.42. The van der Waals surface area contributed by atoms with Gasteiger partial charge in [-0.2, -0.15) is 9.36 Å². The minimum absolute atomic E-state index is 0.0690. The van der Waals surface area contributed by atoms with Gasteiger partial charge in [0.2, 0.25) is 0 Å². The van der Waals surface area contributed by atoms with Crippen LogP contribution < -0.4 is 9.47 Å². The molecule has 0 bridgehead atoms. The van der Waals surface area contributed by atoms with E-state index in [9.17, 15) is 0 Å². The van der Waals surface area contributed by atoms with E-state index < -0.39 is 0 Å². The Balaban J connectivity index is 2.03. The third-order valence-electron chi connectivity index (χ3n) is 2.47. The first-order valence-electron chi connectivity index (χ1n) is 6.35. The summed E-state index contributed by atoms with van der Waals surface area (Å²) in [5, 5.41) is 0.551. The number of ether oxygens (including phenoxy) is 2. The van der Waals surface area contributed by atoms with E-state index in [0.29, 0.717) is 17.6 Å². The molecule has 0 fully saturated rings. The van der Waals surface area contributed by atoms with Crippen molar-refractivity contribution in [3.8, 4) is 16.7 Å². The molecule has 20 heavy (non-hydrogen) atoms. The van der Waals surface area contributed by atoms with Crippen LogP contribution in [0.5, 0.6) is 16.7 Å². The lowest BCUT2D eigenvalue weighted by molar-refractivity contribution is 0.362. The maximum atomic E-state index is 5.68. The average Bonchev–Trinajstić information content (AvgIpc) is 2.86. The third kappa shape index (κ3) is 3.81. The Kier molecular flexibility index (Phi) is 4.39. The highest BCUT2D eigenvalue weighted by Gasteiger charge is 2.20. The Labute approximate surface area is 123 Å². The molecule has 0 saturated carbocycles. The summed E-state index contributed by atoms with van der Waals surface area (Å²) >= 11 is 1.26. The molecule has 0 radical (unpaired) electrons. The molecule has 1 aromatic heterocycles.